The number of alkyl halides is 1. The summed E-state index contributed by atoms with van der Waals surface area (Å²) in [4.78, 5) is 16.2. The number of benzene rings is 2. The molecule has 1 heterocycles. The van der Waals surface area contributed by atoms with Gasteiger partial charge >= 0.3 is 0 Å². The molecular formula is C16H12BrNO2. The van der Waals surface area contributed by atoms with Crippen molar-refractivity contribution < 1.29 is 9.21 Å². The van der Waals surface area contributed by atoms with Crippen molar-refractivity contribution in [2.24, 2.45) is 0 Å². The lowest BCUT2D eigenvalue weighted by molar-refractivity contribution is 0.0996. The van der Waals surface area contributed by atoms with Crippen LogP contribution in [-0.2, 0) is 0 Å². The molecule has 0 saturated carbocycles. The maximum atomic E-state index is 12.0. The van der Waals surface area contributed by atoms with E-state index in [4.69, 9.17) is 4.42 Å². The van der Waals surface area contributed by atoms with E-state index in [1.807, 2.05) is 43.3 Å². The maximum Gasteiger partial charge on any atom is 0.227 e. The zero-order valence-corrected chi connectivity index (χ0v) is 12.4. The number of aromatic nitrogens is 1. The second-order valence-electron chi connectivity index (χ2n) is 4.55. The van der Waals surface area contributed by atoms with Crippen molar-refractivity contribution in [3.63, 3.8) is 0 Å². The van der Waals surface area contributed by atoms with Gasteiger partial charge in [0.2, 0.25) is 5.89 Å². The first kappa shape index (κ1) is 13.1. The van der Waals surface area contributed by atoms with E-state index in [2.05, 4.69) is 20.9 Å². The van der Waals surface area contributed by atoms with E-state index < -0.39 is 0 Å². The fourth-order valence-electron chi connectivity index (χ4n) is 2.01. The van der Waals surface area contributed by atoms with Gasteiger partial charge in [0, 0.05) is 11.1 Å². The molecule has 0 spiro atoms. The number of hydrogen-bond acceptors (Lipinski definition) is 3. The van der Waals surface area contributed by atoms with Crippen molar-refractivity contribution in [2.75, 3.05) is 0 Å². The van der Waals surface area contributed by atoms with Gasteiger partial charge in [-0.2, -0.15) is 0 Å². The third-order valence-corrected chi connectivity index (χ3v) is 3.47. The Morgan fingerprint density at radius 2 is 1.95 bits per heavy atom. The Kier molecular flexibility index (Phi) is 3.40. The van der Waals surface area contributed by atoms with Crippen LogP contribution in [0, 0.1) is 0 Å². The van der Waals surface area contributed by atoms with Crippen LogP contribution < -0.4 is 0 Å². The summed E-state index contributed by atoms with van der Waals surface area (Å²) >= 11 is 3.29. The summed E-state index contributed by atoms with van der Waals surface area (Å²) in [6.45, 7) is 1.81. The van der Waals surface area contributed by atoms with Crippen molar-refractivity contribution in [2.45, 2.75) is 11.8 Å². The zero-order valence-electron chi connectivity index (χ0n) is 10.8. The van der Waals surface area contributed by atoms with Crippen LogP contribution in [-0.4, -0.2) is 15.6 Å². The highest BCUT2D eigenvalue weighted by atomic mass is 79.9. The highest BCUT2D eigenvalue weighted by Gasteiger charge is 2.14. The maximum absolute atomic E-state index is 12.0. The molecule has 0 saturated heterocycles. The minimum absolute atomic E-state index is 0.0320. The second kappa shape index (κ2) is 5.21. The van der Waals surface area contributed by atoms with E-state index >= 15 is 0 Å². The standard InChI is InChI=1S/C16H12BrNO2/c1-10(17)15(19)12-7-8-13-14(9-12)20-16(18-13)11-5-3-2-4-6-11/h2-10H,1H3. The summed E-state index contributed by atoms with van der Waals surface area (Å²) in [6, 6.07) is 15.0. The van der Waals surface area contributed by atoms with Gasteiger partial charge < -0.3 is 4.42 Å². The number of rotatable bonds is 3. The number of hydrogen-bond donors (Lipinski definition) is 0. The molecule has 20 heavy (non-hydrogen) atoms. The average molecular weight is 330 g/mol. The molecule has 0 radical (unpaired) electrons. The predicted molar refractivity (Wildman–Crippen MR) is 82.2 cm³/mol. The van der Waals surface area contributed by atoms with Crippen LogP contribution in [0.2, 0.25) is 0 Å². The van der Waals surface area contributed by atoms with Gasteiger partial charge in [0.25, 0.3) is 0 Å². The van der Waals surface area contributed by atoms with Crippen molar-refractivity contribution in [3.8, 4) is 11.5 Å². The summed E-state index contributed by atoms with van der Waals surface area (Å²) in [5, 5.41) is 0. The molecule has 4 heteroatoms. The molecule has 1 unspecified atom stereocenters. The lowest BCUT2D eigenvalue weighted by atomic mass is 10.1. The summed E-state index contributed by atoms with van der Waals surface area (Å²) in [5.41, 5.74) is 2.92. The molecular weight excluding hydrogens is 318 g/mol. The minimum atomic E-state index is -0.212. The summed E-state index contributed by atoms with van der Waals surface area (Å²) in [5.74, 6) is 0.599. The van der Waals surface area contributed by atoms with Crippen molar-refractivity contribution >= 4 is 32.8 Å². The number of ketones is 1. The highest BCUT2D eigenvalue weighted by Crippen LogP contribution is 2.25. The van der Waals surface area contributed by atoms with Crippen LogP contribution in [0.15, 0.2) is 52.9 Å². The monoisotopic (exact) mass is 329 g/mol. The van der Waals surface area contributed by atoms with E-state index in [1.54, 1.807) is 12.1 Å². The number of oxazole rings is 1. The van der Waals surface area contributed by atoms with Crippen LogP contribution in [0.4, 0.5) is 0 Å². The number of nitrogens with zero attached hydrogens (tertiary/aromatic N) is 1. The Bertz CT molecular complexity index is 763. The fraction of sp³-hybridized carbons (Fsp3) is 0.125. The molecule has 1 aromatic heterocycles. The van der Waals surface area contributed by atoms with E-state index in [0.29, 0.717) is 17.0 Å². The van der Waals surface area contributed by atoms with Gasteiger partial charge in [-0.05, 0) is 37.3 Å². The van der Waals surface area contributed by atoms with Crippen LogP contribution in [0.1, 0.15) is 17.3 Å². The van der Waals surface area contributed by atoms with Crippen LogP contribution in [0.25, 0.3) is 22.6 Å². The third-order valence-electron chi connectivity index (χ3n) is 3.05. The average Bonchev–Trinajstić information content (AvgIpc) is 2.90. The first-order valence-electron chi connectivity index (χ1n) is 6.29. The van der Waals surface area contributed by atoms with Gasteiger partial charge in [0.15, 0.2) is 11.4 Å². The minimum Gasteiger partial charge on any atom is -0.436 e. The Labute approximate surface area is 124 Å². The first-order valence-corrected chi connectivity index (χ1v) is 7.21. The summed E-state index contributed by atoms with van der Waals surface area (Å²) < 4.78 is 5.75. The Morgan fingerprint density at radius 1 is 1.20 bits per heavy atom. The zero-order chi connectivity index (χ0) is 14.1. The first-order chi connectivity index (χ1) is 9.65. The molecule has 3 rings (SSSR count). The van der Waals surface area contributed by atoms with E-state index in [9.17, 15) is 4.79 Å². The molecule has 1 atom stereocenters. The van der Waals surface area contributed by atoms with Gasteiger partial charge in [0.1, 0.15) is 5.52 Å². The SMILES string of the molecule is CC(Br)C(=O)c1ccc2nc(-c3ccccc3)oc2c1. The van der Waals surface area contributed by atoms with E-state index in [0.717, 1.165) is 11.1 Å². The van der Waals surface area contributed by atoms with E-state index in [1.165, 1.54) is 0 Å². The molecule has 100 valence electrons. The molecule has 3 nitrogen and oxygen atoms in total. The molecule has 0 fully saturated rings. The fourth-order valence-corrected chi connectivity index (χ4v) is 2.28. The Morgan fingerprint density at radius 3 is 2.65 bits per heavy atom. The second-order valence-corrected chi connectivity index (χ2v) is 5.92. The van der Waals surface area contributed by atoms with Crippen molar-refractivity contribution in [1.29, 1.82) is 0 Å². The molecule has 0 N–H and O–H groups in total. The van der Waals surface area contributed by atoms with Gasteiger partial charge in [-0.1, -0.05) is 34.1 Å². The lowest BCUT2D eigenvalue weighted by Crippen LogP contribution is -2.09. The number of fused-ring (bicyclic) bond motifs is 1. The lowest BCUT2D eigenvalue weighted by Gasteiger charge is -2.01. The van der Waals surface area contributed by atoms with Crippen LogP contribution in [0.3, 0.4) is 0 Å². The molecule has 0 bridgehead atoms. The highest BCUT2D eigenvalue weighted by molar-refractivity contribution is 9.10. The molecule has 0 aliphatic heterocycles. The van der Waals surface area contributed by atoms with Crippen molar-refractivity contribution in [3.05, 3.63) is 54.1 Å². The van der Waals surface area contributed by atoms with Crippen LogP contribution >= 0.6 is 15.9 Å². The largest absolute Gasteiger partial charge is 0.436 e. The van der Waals surface area contributed by atoms with Crippen molar-refractivity contribution in [1.82, 2.24) is 4.98 Å². The summed E-state index contributed by atoms with van der Waals surface area (Å²) in [6.07, 6.45) is 0. The Hall–Kier alpha value is -1.94. The Balaban J connectivity index is 2.06. The number of Topliss-reactive ketones (excluding diaryl/α,β-unsaturated/α-hetero) is 1. The molecule has 0 aliphatic carbocycles. The quantitative estimate of drug-likeness (QED) is 0.526. The molecule has 0 amide bonds. The molecule has 2 aromatic carbocycles. The van der Waals surface area contributed by atoms with Gasteiger partial charge in [0.05, 0.1) is 4.83 Å². The smallest absolute Gasteiger partial charge is 0.227 e. The topological polar surface area (TPSA) is 43.1 Å². The van der Waals surface area contributed by atoms with Crippen LogP contribution in [0.5, 0.6) is 0 Å². The number of carbonyl (C=O) groups excluding carboxylic acids is 1. The van der Waals surface area contributed by atoms with Gasteiger partial charge in [-0.15, -0.1) is 0 Å². The van der Waals surface area contributed by atoms with E-state index in [-0.39, 0.29) is 10.6 Å². The normalized spacial score (nSPS) is 12.5. The summed E-state index contributed by atoms with van der Waals surface area (Å²) in [7, 11) is 0. The number of halogens is 1. The molecule has 3 aromatic rings. The van der Waals surface area contributed by atoms with Gasteiger partial charge in [-0.25, -0.2) is 4.98 Å². The third kappa shape index (κ3) is 2.39. The predicted octanol–water partition coefficient (Wildman–Crippen LogP) is 4.46. The van der Waals surface area contributed by atoms with Gasteiger partial charge in [-0.3, -0.25) is 4.79 Å². The number of carbonyl (C=O) groups is 1. The molecule has 0 aliphatic rings.